The Labute approximate surface area is 369 Å². The van der Waals surface area contributed by atoms with E-state index in [0.717, 1.165) is 68.0 Å². The summed E-state index contributed by atoms with van der Waals surface area (Å²) in [5, 5.41) is 2.47. The van der Waals surface area contributed by atoms with Crippen molar-refractivity contribution in [1.82, 2.24) is 4.57 Å². The van der Waals surface area contributed by atoms with Crippen molar-refractivity contribution in [3.8, 4) is 27.9 Å². The summed E-state index contributed by atoms with van der Waals surface area (Å²) in [5.74, 6) is 2.43. The van der Waals surface area contributed by atoms with Crippen molar-refractivity contribution in [2.45, 2.75) is 47.3 Å². The second-order valence-electron chi connectivity index (χ2n) is 18.5. The van der Waals surface area contributed by atoms with Gasteiger partial charge in [-0.3, -0.25) is 0 Å². The van der Waals surface area contributed by atoms with Crippen molar-refractivity contribution in [1.29, 1.82) is 0 Å². The van der Waals surface area contributed by atoms with Crippen LogP contribution in [-0.2, 0) is 15.3 Å². The smallest absolute Gasteiger partial charge is 0.207 e. The van der Waals surface area contributed by atoms with Crippen molar-refractivity contribution in [3.63, 3.8) is 0 Å². The summed E-state index contributed by atoms with van der Waals surface area (Å²) in [6.45, 7) is 0. The maximum atomic E-state index is 15.0. The SMILES string of the molecule is O=S1(=O)c2ccccc2C2(c3ccc(N(c4ccc(-c5ccccc5)cc4)c4ccc(-c5ccccc5-n5c6ccccc6c6ccccc65)cc4)cc31)C1CC3CC(C1)CC2C3. The zero-order chi connectivity index (χ0) is 41.9. The molecule has 8 aromatic carbocycles. The lowest BCUT2D eigenvalue weighted by Crippen LogP contribution is -2.57. The predicted octanol–water partition coefficient (Wildman–Crippen LogP) is 14.5. The van der Waals surface area contributed by atoms with Crippen LogP contribution in [0.4, 0.5) is 17.1 Å². The molecule has 5 aliphatic rings. The molecular weight excluding hydrogens is 789 g/mol. The molecule has 0 N–H and O–H groups in total. The average Bonchev–Trinajstić information content (AvgIpc) is 3.66. The van der Waals surface area contributed by atoms with Crippen LogP contribution in [0.2, 0.25) is 0 Å². The highest BCUT2D eigenvalue weighted by Gasteiger charge is 2.62. The predicted molar refractivity (Wildman–Crippen MR) is 256 cm³/mol. The summed E-state index contributed by atoms with van der Waals surface area (Å²) in [7, 11) is -3.80. The summed E-state index contributed by atoms with van der Waals surface area (Å²) >= 11 is 0. The van der Waals surface area contributed by atoms with E-state index in [2.05, 4.69) is 179 Å². The van der Waals surface area contributed by atoms with Crippen LogP contribution in [0.1, 0.15) is 43.2 Å². The van der Waals surface area contributed by atoms with Gasteiger partial charge in [-0.2, -0.15) is 0 Å². The molecule has 0 unspecified atom stereocenters. The maximum absolute atomic E-state index is 15.0. The van der Waals surface area contributed by atoms with E-state index in [0.29, 0.717) is 21.6 Å². The Hall–Kier alpha value is -6.69. The Bertz CT molecular complexity index is 3290. The molecule has 63 heavy (non-hydrogen) atoms. The van der Waals surface area contributed by atoms with Gasteiger partial charge in [0.25, 0.3) is 0 Å². The number of rotatable bonds is 6. The summed E-state index contributed by atoms with van der Waals surface area (Å²) < 4.78 is 32.5. The molecule has 2 heterocycles. The van der Waals surface area contributed by atoms with Crippen LogP contribution >= 0.6 is 0 Å². The van der Waals surface area contributed by atoms with Crippen molar-refractivity contribution >= 4 is 48.7 Å². The van der Waals surface area contributed by atoms with Crippen molar-refractivity contribution in [2.24, 2.45) is 23.7 Å². The topological polar surface area (TPSA) is 42.3 Å². The van der Waals surface area contributed by atoms with Crippen molar-refractivity contribution in [3.05, 3.63) is 205 Å². The Morgan fingerprint density at radius 2 is 0.952 bits per heavy atom. The standard InChI is InChI=1S/C58H46N2O2S/c61-63(62)56-21-11-7-17-51(56)58(43-33-38-32-39(35-43)36-44(58)34-38)52-31-30-47(37-57(52)63)59(45-26-22-41(23-27-45)40-12-2-1-3-13-40)46-28-24-42(25-29-46)48-14-4-8-18-53(48)60-54-19-9-5-15-49(54)50-16-6-10-20-55(50)60/h1-31,37-39,43-44H,32-36H2. The van der Waals surface area contributed by atoms with Crippen molar-refractivity contribution in [2.75, 3.05) is 4.90 Å². The van der Waals surface area contributed by atoms with Gasteiger partial charge in [0.05, 0.1) is 26.5 Å². The van der Waals surface area contributed by atoms with Gasteiger partial charge in [-0.15, -0.1) is 0 Å². The molecule has 1 aliphatic heterocycles. The van der Waals surface area contributed by atoms with Crippen LogP contribution in [0.15, 0.2) is 204 Å². The molecule has 4 bridgehead atoms. The van der Waals surface area contributed by atoms with Gasteiger partial charge in [0.1, 0.15) is 0 Å². The summed E-state index contributed by atoms with van der Waals surface area (Å²) in [6, 6.07) is 68.3. The Balaban J connectivity index is 0.964. The molecule has 0 saturated heterocycles. The lowest BCUT2D eigenvalue weighted by Gasteiger charge is -2.63. The van der Waals surface area contributed by atoms with E-state index >= 15 is 8.42 Å². The number of para-hydroxylation sites is 3. The molecule has 4 nitrogen and oxygen atoms in total. The third kappa shape index (κ3) is 5.42. The minimum absolute atomic E-state index is 0.281. The van der Waals surface area contributed by atoms with Gasteiger partial charge in [0, 0.05) is 38.8 Å². The largest absolute Gasteiger partial charge is 0.310 e. The van der Waals surface area contributed by atoms with E-state index in [1.807, 2.05) is 24.3 Å². The Morgan fingerprint density at radius 3 is 1.62 bits per heavy atom. The van der Waals surface area contributed by atoms with Crippen LogP contribution in [0.25, 0.3) is 49.7 Å². The number of sulfone groups is 1. The lowest BCUT2D eigenvalue weighted by atomic mass is 9.42. The number of benzene rings is 8. The average molecular weight is 835 g/mol. The van der Waals surface area contributed by atoms with Crippen molar-refractivity contribution < 1.29 is 8.42 Å². The van der Waals surface area contributed by atoms with E-state index in [1.54, 1.807) is 0 Å². The molecule has 0 atom stereocenters. The van der Waals surface area contributed by atoms with Gasteiger partial charge in [0.2, 0.25) is 9.84 Å². The fourth-order valence-electron chi connectivity index (χ4n) is 13.1. The molecule has 9 aromatic rings. The molecule has 0 radical (unpaired) electrons. The fourth-order valence-corrected chi connectivity index (χ4v) is 14.9. The number of aromatic nitrogens is 1. The zero-order valence-electron chi connectivity index (χ0n) is 34.9. The van der Waals surface area contributed by atoms with Crippen LogP contribution < -0.4 is 4.90 Å². The van der Waals surface area contributed by atoms with Gasteiger partial charge in [-0.1, -0.05) is 133 Å². The van der Waals surface area contributed by atoms with Gasteiger partial charge in [-0.05, 0) is 144 Å². The minimum atomic E-state index is -3.80. The number of fused-ring (bicyclic) bond motifs is 5. The quantitative estimate of drug-likeness (QED) is 0.168. The van der Waals surface area contributed by atoms with Crippen LogP contribution in [0.3, 0.4) is 0 Å². The van der Waals surface area contributed by atoms with Crippen LogP contribution in [0.5, 0.6) is 0 Å². The first kappa shape index (κ1) is 36.9. The molecule has 306 valence electrons. The minimum Gasteiger partial charge on any atom is -0.310 e. The Morgan fingerprint density at radius 1 is 0.444 bits per heavy atom. The molecule has 4 saturated carbocycles. The molecule has 5 heteroatoms. The molecule has 0 amide bonds. The highest BCUT2D eigenvalue weighted by Crippen LogP contribution is 2.68. The van der Waals surface area contributed by atoms with E-state index < -0.39 is 9.84 Å². The summed E-state index contributed by atoms with van der Waals surface area (Å²) in [4.78, 5) is 3.22. The first-order valence-electron chi connectivity index (χ1n) is 22.6. The molecule has 1 spiro atoms. The number of nitrogens with zero attached hydrogens (tertiary/aromatic N) is 2. The highest BCUT2D eigenvalue weighted by atomic mass is 32.2. The maximum Gasteiger partial charge on any atom is 0.207 e. The zero-order valence-corrected chi connectivity index (χ0v) is 35.8. The molecular formula is C58H46N2O2S. The van der Waals surface area contributed by atoms with E-state index in [1.165, 1.54) is 53.9 Å². The van der Waals surface area contributed by atoms with Gasteiger partial charge < -0.3 is 9.47 Å². The first-order chi connectivity index (χ1) is 31.0. The molecule has 1 aromatic heterocycles. The van der Waals surface area contributed by atoms with Crippen LogP contribution in [-0.4, -0.2) is 13.0 Å². The van der Waals surface area contributed by atoms with Gasteiger partial charge in [0.15, 0.2) is 0 Å². The van der Waals surface area contributed by atoms with E-state index in [9.17, 15) is 0 Å². The number of anilines is 3. The highest BCUT2D eigenvalue weighted by molar-refractivity contribution is 7.91. The molecule has 14 rings (SSSR count). The van der Waals surface area contributed by atoms with Gasteiger partial charge >= 0.3 is 0 Å². The second kappa shape index (κ2) is 13.9. The molecule has 4 fully saturated rings. The lowest BCUT2D eigenvalue weighted by molar-refractivity contribution is -0.0446. The monoisotopic (exact) mass is 834 g/mol. The normalized spacial score (nSPS) is 22.6. The number of hydrogen-bond donors (Lipinski definition) is 0. The summed E-state index contributed by atoms with van der Waals surface area (Å²) in [5.41, 5.74) is 12.5. The fraction of sp³-hybridized carbons (Fsp3) is 0.172. The van der Waals surface area contributed by atoms with Gasteiger partial charge in [-0.25, -0.2) is 8.42 Å². The van der Waals surface area contributed by atoms with Crippen LogP contribution in [0, 0.1) is 23.7 Å². The number of hydrogen-bond acceptors (Lipinski definition) is 3. The van der Waals surface area contributed by atoms with E-state index in [4.69, 9.17) is 0 Å². The third-order valence-electron chi connectivity index (χ3n) is 15.4. The van der Waals surface area contributed by atoms with E-state index in [-0.39, 0.29) is 5.41 Å². The first-order valence-corrected chi connectivity index (χ1v) is 24.1. The summed E-state index contributed by atoms with van der Waals surface area (Å²) in [6.07, 6.45) is 6.10. The molecule has 4 aliphatic carbocycles. The second-order valence-corrected chi connectivity index (χ2v) is 20.4. The Kier molecular flexibility index (Phi) is 8.15. The third-order valence-corrected chi connectivity index (χ3v) is 17.3.